The topological polar surface area (TPSA) is 53.7 Å². The fourth-order valence-electron chi connectivity index (χ4n) is 2.64. The van der Waals surface area contributed by atoms with Crippen LogP contribution in [-0.2, 0) is 4.74 Å². The molecule has 0 aromatic heterocycles. The minimum Gasteiger partial charge on any atom is -0.493 e. The molecule has 3 atom stereocenters. The fraction of sp³-hybridized carbons (Fsp3) is 0.500. The van der Waals surface area contributed by atoms with E-state index in [2.05, 4.69) is 0 Å². The molecule has 3 rings (SSSR count). The van der Waals surface area contributed by atoms with Crippen LogP contribution in [0.25, 0.3) is 0 Å². The minimum atomic E-state index is 0.0276. The summed E-state index contributed by atoms with van der Waals surface area (Å²) in [4.78, 5) is 0. The van der Waals surface area contributed by atoms with Gasteiger partial charge in [-0.05, 0) is 29.7 Å². The van der Waals surface area contributed by atoms with E-state index in [4.69, 9.17) is 19.9 Å². The molecule has 2 N–H and O–H groups in total. The molecule has 2 aliphatic rings. The molecule has 4 nitrogen and oxygen atoms in total. The number of ether oxygens (including phenoxy) is 3. The second kappa shape index (κ2) is 3.37. The minimum absolute atomic E-state index is 0.0276. The lowest BCUT2D eigenvalue weighted by molar-refractivity contribution is 0.0679. The van der Waals surface area contributed by atoms with E-state index in [9.17, 15) is 0 Å². The molecule has 4 heteroatoms. The van der Waals surface area contributed by atoms with Crippen LogP contribution in [0, 0.1) is 0 Å². The number of rotatable bonds is 2. The lowest BCUT2D eigenvalue weighted by Gasteiger charge is -2.19. The van der Waals surface area contributed by atoms with Crippen molar-refractivity contribution >= 4 is 0 Å². The van der Waals surface area contributed by atoms with Gasteiger partial charge in [0.2, 0.25) is 0 Å². The van der Waals surface area contributed by atoms with Crippen LogP contribution in [0.15, 0.2) is 12.1 Å². The van der Waals surface area contributed by atoms with Crippen molar-refractivity contribution in [2.24, 2.45) is 5.73 Å². The summed E-state index contributed by atoms with van der Waals surface area (Å²) in [6.45, 7) is 0. The fourth-order valence-corrected chi connectivity index (χ4v) is 2.64. The third kappa shape index (κ3) is 1.17. The first-order valence-corrected chi connectivity index (χ1v) is 5.41. The van der Waals surface area contributed by atoms with E-state index in [0.29, 0.717) is 0 Å². The molecule has 0 saturated carbocycles. The summed E-state index contributed by atoms with van der Waals surface area (Å²) in [5.74, 6) is 1.50. The molecule has 0 unspecified atom stereocenters. The Morgan fingerprint density at radius 3 is 2.44 bits per heavy atom. The van der Waals surface area contributed by atoms with E-state index in [-0.39, 0.29) is 18.2 Å². The maximum Gasteiger partial charge on any atom is 0.161 e. The first-order chi connectivity index (χ1) is 7.74. The van der Waals surface area contributed by atoms with Crippen LogP contribution in [0.5, 0.6) is 11.5 Å². The van der Waals surface area contributed by atoms with Gasteiger partial charge in [0.25, 0.3) is 0 Å². The first-order valence-electron chi connectivity index (χ1n) is 5.41. The van der Waals surface area contributed by atoms with Gasteiger partial charge in [-0.1, -0.05) is 0 Å². The molecule has 1 fully saturated rings. The van der Waals surface area contributed by atoms with E-state index in [0.717, 1.165) is 23.5 Å². The van der Waals surface area contributed by atoms with Crippen molar-refractivity contribution in [3.63, 3.8) is 0 Å². The summed E-state index contributed by atoms with van der Waals surface area (Å²) in [6, 6.07) is 4.10. The third-order valence-corrected chi connectivity index (χ3v) is 3.43. The van der Waals surface area contributed by atoms with Crippen molar-refractivity contribution in [1.29, 1.82) is 0 Å². The Balaban J connectivity index is 2.11. The lowest BCUT2D eigenvalue weighted by atomic mass is 9.88. The Kier molecular flexibility index (Phi) is 2.09. The Bertz CT molecular complexity index is 433. The summed E-state index contributed by atoms with van der Waals surface area (Å²) >= 11 is 0. The zero-order valence-corrected chi connectivity index (χ0v) is 9.40. The molecule has 0 aliphatic carbocycles. The van der Waals surface area contributed by atoms with Gasteiger partial charge in [0.1, 0.15) is 0 Å². The predicted molar refractivity (Wildman–Crippen MR) is 58.7 cm³/mol. The highest BCUT2D eigenvalue weighted by Crippen LogP contribution is 2.52. The zero-order valence-electron chi connectivity index (χ0n) is 9.40. The molecule has 0 amide bonds. The molecule has 1 aromatic rings. The van der Waals surface area contributed by atoms with Crippen LogP contribution in [0.3, 0.4) is 0 Å². The number of nitrogens with two attached hydrogens (primary N) is 1. The van der Waals surface area contributed by atoms with Crippen LogP contribution < -0.4 is 15.2 Å². The quantitative estimate of drug-likeness (QED) is 0.823. The molecular formula is C12H15NO3. The van der Waals surface area contributed by atoms with E-state index in [1.807, 2.05) is 12.1 Å². The molecule has 2 aliphatic heterocycles. The van der Waals surface area contributed by atoms with Crippen molar-refractivity contribution in [3.05, 3.63) is 23.3 Å². The molecule has 2 heterocycles. The Morgan fingerprint density at radius 2 is 1.81 bits per heavy atom. The second-order valence-electron chi connectivity index (χ2n) is 4.28. The Morgan fingerprint density at radius 1 is 1.19 bits per heavy atom. The molecule has 2 bridgehead atoms. The third-order valence-electron chi connectivity index (χ3n) is 3.43. The maximum atomic E-state index is 6.00. The van der Waals surface area contributed by atoms with Crippen LogP contribution in [0.2, 0.25) is 0 Å². The van der Waals surface area contributed by atoms with Gasteiger partial charge in [0.15, 0.2) is 11.5 Å². The van der Waals surface area contributed by atoms with Crippen molar-refractivity contribution in [2.45, 2.75) is 24.7 Å². The standard InChI is InChI=1S/C12H15NO3/c1-14-10-3-6-7(4-11(10)15-2)12-8(13)5-9(6)16-12/h3-4,8-9,12H,5,13H2,1-2H3/t8-,9+,12+/m1/s1. The highest BCUT2D eigenvalue weighted by Gasteiger charge is 2.44. The normalized spacial score (nSPS) is 30.3. The van der Waals surface area contributed by atoms with Gasteiger partial charge in [0.05, 0.1) is 26.4 Å². The average molecular weight is 221 g/mol. The molecule has 0 spiro atoms. The van der Waals surface area contributed by atoms with Crippen LogP contribution in [0.1, 0.15) is 29.8 Å². The molecular weight excluding hydrogens is 206 g/mol. The van der Waals surface area contributed by atoms with Gasteiger partial charge in [-0.25, -0.2) is 0 Å². The average Bonchev–Trinajstić information content (AvgIpc) is 2.84. The summed E-state index contributed by atoms with van der Waals surface area (Å²) in [5.41, 5.74) is 8.35. The monoisotopic (exact) mass is 221 g/mol. The van der Waals surface area contributed by atoms with Gasteiger partial charge in [-0.15, -0.1) is 0 Å². The number of benzene rings is 1. The van der Waals surface area contributed by atoms with E-state index < -0.39 is 0 Å². The van der Waals surface area contributed by atoms with Gasteiger partial charge >= 0.3 is 0 Å². The van der Waals surface area contributed by atoms with E-state index in [1.54, 1.807) is 14.2 Å². The predicted octanol–water partition coefficient (Wildman–Crippen LogP) is 1.55. The summed E-state index contributed by atoms with van der Waals surface area (Å²) in [6.07, 6.45) is 1.06. The number of fused-ring (bicyclic) bond motifs is 5. The molecule has 0 radical (unpaired) electrons. The molecule has 1 aromatic carbocycles. The van der Waals surface area contributed by atoms with Gasteiger partial charge in [-0.2, -0.15) is 0 Å². The van der Waals surface area contributed by atoms with Crippen molar-refractivity contribution in [3.8, 4) is 11.5 Å². The molecule has 1 saturated heterocycles. The van der Waals surface area contributed by atoms with Crippen molar-refractivity contribution < 1.29 is 14.2 Å². The van der Waals surface area contributed by atoms with Gasteiger partial charge < -0.3 is 19.9 Å². The highest BCUT2D eigenvalue weighted by molar-refractivity contribution is 5.52. The van der Waals surface area contributed by atoms with E-state index >= 15 is 0 Å². The molecule has 86 valence electrons. The SMILES string of the molecule is COc1cc2c(cc1OC)[C@@H]1O[C@H]2C[C@H]1N. The van der Waals surface area contributed by atoms with Gasteiger partial charge in [-0.3, -0.25) is 0 Å². The second-order valence-corrected chi connectivity index (χ2v) is 4.28. The maximum absolute atomic E-state index is 6.00. The summed E-state index contributed by atoms with van der Waals surface area (Å²) in [5, 5.41) is 0. The zero-order chi connectivity index (χ0) is 11.3. The van der Waals surface area contributed by atoms with Crippen LogP contribution >= 0.6 is 0 Å². The van der Waals surface area contributed by atoms with Crippen molar-refractivity contribution in [2.75, 3.05) is 14.2 Å². The lowest BCUT2D eigenvalue weighted by Crippen LogP contribution is -2.25. The van der Waals surface area contributed by atoms with E-state index in [1.165, 1.54) is 5.56 Å². The highest BCUT2D eigenvalue weighted by atomic mass is 16.5. The Hall–Kier alpha value is -1.26. The Labute approximate surface area is 94.3 Å². The largest absolute Gasteiger partial charge is 0.493 e. The van der Waals surface area contributed by atoms with Crippen LogP contribution in [-0.4, -0.2) is 20.3 Å². The van der Waals surface area contributed by atoms with Crippen molar-refractivity contribution in [1.82, 2.24) is 0 Å². The first kappa shape index (κ1) is 9.93. The molecule has 16 heavy (non-hydrogen) atoms. The van der Waals surface area contributed by atoms with Gasteiger partial charge in [0, 0.05) is 6.04 Å². The summed E-state index contributed by atoms with van der Waals surface area (Å²) < 4.78 is 16.4. The summed E-state index contributed by atoms with van der Waals surface area (Å²) in [7, 11) is 3.28. The number of hydrogen-bond acceptors (Lipinski definition) is 4. The number of methoxy groups -OCH3 is 2. The smallest absolute Gasteiger partial charge is 0.161 e. The number of hydrogen-bond donors (Lipinski definition) is 1. The van der Waals surface area contributed by atoms with Crippen LogP contribution in [0.4, 0.5) is 0 Å².